The fourth-order valence-electron chi connectivity index (χ4n) is 3.88. The smallest absolute Gasteiger partial charge is 0.409 e. The zero-order chi connectivity index (χ0) is 23.9. The molecule has 3 heterocycles. The summed E-state index contributed by atoms with van der Waals surface area (Å²) in [6.07, 6.45) is 1.74. The van der Waals surface area contributed by atoms with Crippen LogP contribution in [-0.2, 0) is 16.1 Å². The Labute approximate surface area is 206 Å². The van der Waals surface area contributed by atoms with Crippen molar-refractivity contribution in [2.24, 2.45) is 0 Å². The number of carbonyl (C=O) groups excluding carboxylic acids is 3. The molecule has 2 aromatic heterocycles. The summed E-state index contributed by atoms with van der Waals surface area (Å²) in [4.78, 5) is 42.0. The molecule has 1 aromatic carbocycles. The molecule has 3 aromatic rings. The number of fused-ring (bicyclic) bond motifs is 1. The zero-order valence-electron chi connectivity index (χ0n) is 19.1. The number of carbonyl (C=O) groups is 3. The number of hydrogen-bond donors (Lipinski definition) is 1. The van der Waals surface area contributed by atoms with E-state index in [4.69, 9.17) is 4.74 Å². The third kappa shape index (κ3) is 5.74. The first-order valence-electron chi connectivity index (χ1n) is 11.3. The van der Waals surface area contributed by atoms with E-state index in [1.807, 2.05) is 34.5 Å². The van der Waals surface area contributed by atoms with E-state index < -0.39 is 0 Å². The van der Waals surface area contributed by atoms with Crippen molar-refractivity contribution < 1.29 is 19.1 Å². The van der Waals surface area contributed by atoms with Gasteiger partial charge in [-0.25, -0.2) is 4.79 Å². The van der Waals surface area contributed by atoms with Gasteiger partial charge in [-0.15, -0.1) is 23.1 Å². The average Bonchev–Trinajstić information content (AvgIpc) is 3.52. The maximum Gasteiger partial charge on any atom is 0.409 e. The lowest BCUT2D eigenvalue weighted by molar-refractivity contribution is -0.129. The molecule has 10 heteroatoms. The molecule has 34 heavy (non-hydrogen) atoms. The van der Waals surface area contributed by atoms with Gasteiger partial charge in [-0.3, -0.25) is 9.59 Å². The molecule has 8 nitrogen and oxygen atoms in total. The highest BCUT2D eigenvalue weighted by atomic mass is 32.2. The summed E-state index contributed by atoms with van der Waals surface area (Å²) in [5.41, 5.74) is 1.07. The SMILES string of the molecule is CCOC(=O)N1CCN(C(=O)CSc2cn(CCNC(=O)c3cccs3)c3ccccc23)CC1. The van der Waals surface area contributed by atoms with Crippen molar-refractivity contribution in [3.05, 3.63) is 52.9 Å². The van der Waals surface area contributed by atoms with Gasteiger partial charge in [0.1, 0.15) is 0 Å². The van der Waals surface area contributed by atoms with Crippen molar-refractivity contribution in [2.75, 3.05) is 45.1 Å². The van der Waals surface area contributed by atoms with Crippen molar-refractivity contribution in [1.82, 2.24) is 19.7 Å². The molecule has 1 aliphatic heterocycles. The number of hydrogen-bond acceptors (Lipinski definition) is 6. The Balaban J connectivity index is 1.32. The first-order chi connectivity index (χ1) is 16.6. The number of amides is 3. The molecule has 0 aliphatic carbocycles. The van der Waals surface area contributed by atoms with E-state index >= 15 is 0 Å². The highest BCUT2D eigenvalue weighted by molar-refractivity contribution is 8.00. The van der Waals surface area contributed by atoms with Gasteiger partial charge < -0.3 is 24.4 Å². The highest BCUT2D eigenvalue weighted by Gasteiger charge is 2.25. The third-order valence-corrected chi connectivity index (χ3v) is 7.54. The molecule has 0 radical (unpaired) electrons. The van der Waals surface area contributed by atoms with E-state index in [0.29, 0.717) is 56.5 Å². The summed E-state index contributed by atoms with van der Waals surface area (Å²) in [6.45, 7) is 5.31. The molecular weight excluding hydrogens is 472 g/mol. The van der Waals surface area contributed by atoms with E-state index in [1.165, 1.54) is 23.1 Å². The summed E-state index contributed by atoms with van der Waals surface area (Å²) in [5.74, 6) is 0.339. The molecule has 180 valence electrons. The standard InChI is InChI=1S/C24H28N4O4S2/c1-2-32-24(31)27-13-11-26(12-14-27)22(29)17-34-21-16-28(19-7-4-3-6-18(19)21)10-9-25-23(30)20-8-5-15-33-20/h3-8,15-16H,2,9-14,17H2,1H3,(H,25,30). The van der Waals surface area contributed by atoms with Crippen LogP contribution in [0.5, 0.6) is 0 Å². The summed E-state index contributed by atoms with van der Waals surface area (Å²) in [7, 11) is 0. The fraction of sp³-hybridized carbons (Fsp3) is 0.375. The Morgan fingerprint density at radius 1 is 1.06 bits per heavy atom. The first-order valence-corrected chi connectivity index (χ1v) is 13.1. The van der Waals surface area contributed by atoms with Gasteiger partial charge >= 0.3 is 6.09 Å². The lowest BCUT2D eigenvalue weighted by Crippen LogP contribution is -2.51. The highest BCUT2D eigenvalue weighted by Crippen LogP contribution is 2.30. The topological polar surface area (TPSA) is 83.9 Å². The molecule has 4 rings (SSSR count). The molecule has 0 spiro atoms. The maximum absolute atomic E-state index is 12.8. The van der Waals surface area contributed by atoms with Crippen LogP contribution in [0, 0.1) is 0 Å². The Morgan fingerprint density at radius 3 is 2.56 bits per heavy atom. The van der Waals surface area contributed by atoms with Gasteiger partial charge in [0.25, 0.3) is 5.91 Å². The molecule has 1 N–H and O–H groups in total. The number of ether oxygens (including phenoxy) is 1. The van der Waals surface area contributed by atoms with Crippen molar-refractivity contribution in [2.45, 2.75) is 18.4 Å². The first kappa shape index (κ1) is 24.2. The molecule has 0 atom stereocenters. The number of benzene rings is 1. The number of rotatable bonds is 8. The van der Waals surface area contributed by atoms with Gasteiger partial charge in [-0.1, -0.05) is 24.3 Å². The van der Waals surface area contributed by atoms with Crippen molar-refractivity contribution in [1.29, 1.82) is 0 Å². The van der Waals surface area contributed by atoms with Gasteiger partial charge in [0.15, 0.2) is 0 Å². The van der Waals surface area contributed by atoms with E-state index in [0.717, 1.165) is 15.8 Å². The number of thiophene rings is 1. The van der Waals surface area contributed by atoms with Gasteiger partial charge in [-0.2, -0.15) is 0 Å². The van der Waals surface area contributed by atoms with Crippen molar-refractivity contribution in [3.8, 4) is 0 Å². The van der Waals surface area contributed by atoms with Crippen LogP contribution in [0.4, 0.5) is 4.79 Å². The van der Waals surface area contributed by atoms with Gasteiger partial charge in [-0.05, 0) is 24.4 Å². The average molecular weight is 501 g/mol. The molecule has 0 unspecified atom stereocenters. The van der Waals surface area contributed by atoms with Gasteiger partial charge in [0.05, 0.1) is 17.2 Å². The van der Waals surface area contributed by atoms with Crippen molar-refractivity contribution >= 4 is 51.9 Å². The van der Waals surface area contributed by atoms with Crippen LogP contribution in [0.15, 0.2) is 52.9 Å². The summed E-state index contributed by atoms with van der Waals surface area (Å²) < 4.78 is 7.16. The number of para-hydroxylation sites is 1. The molecule has 3 amide bonds. The van der Waals surface area contributed by atoms with E-state index in [9.17, 15) is 14.4 Å². The summed E-state index contributed by atoms with van der Waals surface area (Å²) in [5, 5.41) is 5.95. The number of thioether (sulfide) groups is 1. The third-order valence-electron chi connectivity index (χ3n) is 5.64. The summed E-state index contributed by atoms with van der Waals surface area (Å²) >= 11 is 2.95. The fourth-order valence-corrected chi connectivity index (χ4v) is 5.51. The molecule has 1 aliphatic rings. The Bertz CT molecular complexity index is 1140. The summed E-state index contributed by atoms with van der Waals surface area (Å²) in [6, 6.07) is 11.8. The number of piperazine rings is 1. The number of nitrogens with zero attached hydrogens (tertiary/aromatic N) is 3. The lowest BCUT2D eigenvalue weighted by atomic mass is 10.2. The van der Waals surface area contributed by atoms with Gasteiger partial charge in [0, 0.05) is 61.3 Å². The minimum Gasteiger partial charge on any atom is -0.450 e. The van der Waals surface area contributed by atoms with E-state index in [2.05, 4.69) is 28.2 Å². The van der Waals surface area contributed by atoms with Crippen molar-refractivity contribution in [3.63, 3.8) is 0 Å². The van der Waals surface area contributed by atoms with Crippen LogP contribution in [0.2, 0.25) is 0 Å². The second-order valence-corrected chi connectivity index (χ2v) is 9.76. The second kappa shape index (κ2) is 11.4. The van der Waals surface area contributed by atoms with Crippen LogP contribution >= 0.6 is 23.1 Å². The van der Waals surface area contributed by atoms with Crippen LogP contribution < -0.4 is 5.32 Å². The normalized spacial score (nSPS) is 13.8. The Morgan fingerprint density at radius 2 is 1.82 bits per heavy atom. The quantitative estimate of drug-likeness (QED) is 0.479. The molecule has 1 saturated heterocycles. The molecule has 1 fully saturated rings. The number of aromatic nitrogens is 1. The predicted octanol–water partition coefficient (Wildman–Crippen LogP) is 3.53. The van der Waals surface area contributed by atoms with Crippen LogP contribution in [0.25, 0.3) is 10.9 Å². The number of nitrogens with one attached hydrogen (secondary N) is 1. The van der Waals surface area contributed by atoms with E-state index in [-0.39, 0.29) is 17.9 Å². The predicted molar refractivity (Wildman–Crippen MR) is 134 cm³/mol. The molecular formula is C24H28N4O4S2. The zero-order valence-corrected chi connectivity index (χ0v) is 20.7. The second-order valence-electron chi connectivity index (χ2n) is 7.79. The Kier molecular flexibility index (Phi) is 8.12. The van der Waals surface area contributed by atoms with E-state index in [1.54, 1.807) is 11.8 Å². The Hall–Kier alpha value is -2.98. The minimum atomic E-state index is -0.316. The van der Waals surface area contributed by atoms with Gasteiger partial charge in [0.2, 0.25) is 5.91 Å². The molecule has 0 saturated carbocycles. The minimum absolute atomic E-state index is 0.0605. The largest absolute Gasteiger partial charge is 0.450 e. The van der Waals surface area contributed by atoms with Crippen LogP contribution in [0.1, 0.15) is 16.6 Å². The maximum atomic E-state index is 12.8. The molecule has 0 bridgehead atoms. The van der Waals surface area contributed by atoms with Crippen LogP contribution in [0.3, 0.4) is 0 Å². The van der Waals surface area contributed by atoms with Crippen LogP contribution in [-0.4, -0.2) is 77.4 Å². The lowest BCUT2D eigenvalue weighted by Gasteiger charge is -2.34. The monoisotopic (exact) mass is 500 g/mol.